The van der Waals surface area contributed by atoms with Crippen LogP contribution in [0.3, 0.4) is 0 Å². The zero-order valence-corrected chi connectivity index (χ0v) is 12.1. The Morgan fingerprint density at radius 2 is 2.37 bits per heavy atom. The Labute approximate surface area is 116 Å². The molecule has 1 aromatic heterocycles. The summed E-state index contributed by atoms with van der Waals surface area (Å²) in [5.74, 6) is 0.0122. The molecule has 1 heterocycles. The SMILES string of the molecule is CCNC(=O)C(C)Sc1nnnn1CCNC1CC1. The molecule has 2 rings (SSSR count). The second-order valence-corrected chi connectivity index (χ2v) is 5.88. The van der Waals surface area contributed by atoms with Crippen LogP contribution in [0.25, 0.3) is 0 Å². The third-order valence-electron chi connectivity index (χ3n) is 2.84. The molecule has 7 nitrogen and oxygen atoms in total. The predicted molar refractivity (Wildman–Crippen MR) is 72.8 cm³/mol. The number of tetrazole rings is 1. The summed E-state index contributed by atoms with van der Waals surface area (Å²) in [7, 11) is 0. The molecule has 1 atom stereocenters. The van der Waals surface area contributed by atoms with Gasteiger partial charge in [-0.3, -0.25) is 4.79 Å². The van der Waals surface area contributed by atoms with Crippen molar-refractivity contribution in [3.05, 3.63) is 0 Å². The summed E-state index contributed by atoms with van der Waals surface area (Å²) in [4.78, 5) is 11.7. The van der Waals surface area contributed by atoms with Crippen LogP contribution in [-0.4, -0.2) is 50.5 Å². The van der Waals surface area contributed by atoms with Crippen molar-refractivity contribution in [3.8, 4) is 0 Å². The van der Waals surface area contributed by atoms with E-state index >= 15 is 0 Å². The lowest BCUT2D eigenvalue weighted by Gasteiger charge is -2.10. The molecule has 0 bridgehead atoms. The Kier molecular flexibility index (Phi) is 5.15. The maximum absolute atomic E-state index is 11.7. The monoisotopic (exact) mass is 284 g/mol. The van der Waals surface area contributed by atoms with Crippen molar-refractivity contribution in [2.75, 3.05) is 13.1 Å². The lowest BCUT2D eigenvalue weighted by molar-refractivity contribution is -0.120. The Balaban J connectivity index is 1.81. The minimum atomic E-state index is -0.193. The fourth-order valence-corrected chi connectivity index (χ4v) is 2.45. The van der Waals surface area contributed by atoms with Crippen LogP contribution in [-0.2, 0) is 11.3 Å². The number of hydrogen-bond acceptors (Lipinski definition) is 6. The van der Waals surface area contributed by atoms with E-state index in [4.69, 9.17) is 0 Å². The molecule has 0 spiro atoms. The Morgan fingerprint density at radius 3 is 3.05 bits per heavy atom. The Morgan fingerprint density at radius 1 is 1.58 bits per heavy atom. The molecule has 1 saturated carbocycles. The highest BCUT2D eigenvalue weighted by Crippen LogP contribution is 2.20. The maximum Gasteiger partial charge on any atom is 0.233 e. The molecule has 1 aliphatic carbocycles. The Hall–Kier alpha value is -1.15. The van der Waals surface area contributed by atoms with Crippen molar-refractivity contribution in [3.63, 3.8) is 0 Å². The quantitative estimate of drug-likeness (QED) is 0.656. The van der Waals surface area contributed by atoms with Gasteiger partial charge in [-0.2, -0.15) is 0 Å². The minimum absolute atomic E-state index is 0.0122. The van der Waals surface area contributed by atoms with Gasteiger partial charge in [0.2, 0.25) is 11.1 Å². The zero-order chi connectivity index (χ0) is 13.7. The lowest BCUT2D eigenvalue weighted by Crippen LogP contribution is -2.31. The second kappa shape index (κ2) is 6.85. The molecule has 0 aliphatic heterocycles. The average Bonchev–Trinajstić information content (AvgIpc) is 3.11. The lowest BCUT2D eigenvalue weighted by atomic mass is 10.4. The van der Waals surface area contributed by atoms with Crippen LogP contribution in [0.5, 0.6) is 0 Å². The van der Waals surface area contributed by atoms with Crippen LogP contribution >= 0.6 is 11.8 Å². The van der Waals surface area contributed by atoms with Crippen LogP contribution in [0, 0.1) is 0 Å². The van der Waals surface area contributed by atoms with Gasteiger partial charge in [-0.15, -0.1) is 5.10 Å². The number of hydrogen-bond donors (Lipinski definition) is 2. The maximum atomic E-state index is 11.7. The molecule has 19 heavy (non-hydrogen) atoms. The number of nitrogens with one attached hydrogen (secondary N) is 2. The van der Waals surface area contributed by atoms with Gasteiger partial charge in [0, 0.05) is 19.1 Å². The van der Waals surface area contributed by atoms with E-state index in [1.807, 2.05) is 13.8 Å². The summed E-state index contributed by atoms with van der Waals surface area (Å²) in [5, 5.41) is 18.3. The topological polar surface area (TPSA) is 84.7 Å². The molecule has 0 radical (unpaired) electrons. The van der Waals surface area contributed by atoms with E-state index in [2.05, 4.69) is 26.2 Å². The molecule has 1 aliphatic rings. The van der Waals surface area contributed by atoms with E-state index in [0.717, 1.165) is 13.1 Å². The number of thioether (sulfide) groups is 1. The first kappa shape index (κ1) is 14.3. The number of carbonyl (C=O) groups excluding carboxylic acids is 1. The highest BCUT2D eigenvalue weighted by molar-refractivity contribution is 8.00. The fourth-order valence-electron chi connectivity index (χ4n) is 1.61. The summed E-state index contributed by atoms with van der Waals surface area (Å²) in [5.41, 5.74) is 0. The van der Waals surface area contributed by atoms with Gasteiger partial charge in [0.05, 0.1) is 11.8 Å². The summed E-state index contributed by atoms with van der Waals surface area (Å²) in [6.45, 7) is 5.99. The van der Waals surface area contributed by atoms with Gasteiger partial charge in [-0.25, -0.2) is 4.68 Å². The fraction of sp³-hybridized carbons (Fsp3) is 0.818. The smallest absolute Gasteiger partial charge is 0.233 e. The van der Waals surface area contributed by atoms with E-state index in [1.165, 1.54) is 24.6 Å². The minimum Gasteiger partial charge on any atom is -0.355 e. The van der Waals surface area contributed by atoms with E-state index in [0.29, 0.717) is 17.7 Å². The van der Waals surface area contributed by atoms with Crippen LogP contribution in [0.2, 0.25) is 0 Å². The van der Waals surface area contributed by atoms with Gasteiger partial charge in [0.1, 0.15) is 0 Å². The van der Waals surface area contributed by atoms with Crippen LogP contribution in [0.15, 0.2) is 5.16 Å². The first-order valence-electron chi connectivity index (χ1n) is 6.64. The number of carbonyl (C=O) groups is 1. The second-order valence-electron chi connectivity index (χ2n) is 4.57. The van der Waals surface area contributed by atoms with Gasteiger partial charge in [0.15, 0.2) is 0 Å². The average molecular weight is 284 g/mol. The molecule has 0 aromatic carbocycles. The molecule has 1 fully saturated rings. The molecule has 1 amide bonds. The number of amides is 1. The van der Waals surface area contributed by atoms with Crippen molar-refractivity contribution in [1.82, 2.24) is 30.8 Å². The highest BCUT2D eigenvalue weighted by atomic mass is 32.2. The number of rotatable bonds is 8. The van der Waals surface area contributed by atoms with Crippen LogP contribution < -0.4 is 10.6 Å². The molecule has 1 aromatic rings. The third kappa shape index (κ3) is 4.46. The largest absolute Gasteiger partial charge is 0.355 e. The van der Waals surface area contributed by atoms with Gasteiger partial charge in [0.25, 0.3) is 0 Å². The van der Waals surface area contributed by atoms with Gasteiger partial charge >= 0.3 is 0 Å². The first-order chi connectivity index (χ1) is 9.20. The predicted octanol–water partition coefficient (Wildman–Crippen LogP) is 0.0418. The highest BCUT2D eigenvalue weighted by Gasteiger charge is 2.21. The third-order valence-corrected chi connectivity index (χ3v) is 3.91. The standard InChI is InChI=1S/C11H20N6OS/c1-3-12-10(18)8(2)19-11-14-15-16-17(11)7-6-13-9-4-5-9/h8-9,13H,3-7H2,1-2H3,(H,12,18). The number of nitrogens with zero attached hydrogens (tertiary/aromatic N) is 4. The van der Waals surface area contributed by atoms with Crippen molar-refractivity contribution in [1.29, 1.82) is 0 Å². The van der Waals surface area contributed by atoms with Crippen molar-refractivity contribution >= 4 is 17.7 Å². The summed E-state index contributed by atoms with van der Waals surface area (Å²) in [6, 6.07) is 0.682. The number of aromatic nitrogens is 4. The summed E-state index contributed by atoms with van der Waals surface area (Å²) < 4.78 is 1.75. The van der Waals surface area contributed by atoms with E-state index in [1.54, 1.807) is 4.68 Å². The van der Waals surface area contributed by atoms with Crippen LogP contribution in [0.1, 0.15) is 26.7 Å². The molecule has 0 saturated heterocycles. The first-order valence-corrected chi connectivity index (χ1v) is 7.52. The molecular formula is C11H20N6OS. The summed E-state index contributed by atoms with van der Waals surface area (Å²) >= 11 is 1.39. The molecule has 1 unspecified atom stereocenters. The Bertz CT molecular complexity index is 419. The van der Waals surface area contributed by atoms with Crippen molar-refractivity contribution in [2.24, 2.45) is 0 Å². The van der Waals surface area contributed by atoms with Crippen molar-refractivity contribution < 1.29 is 4.79 Å². The van der Waals surface area contributed by atoms with Crippen molar-refractivity contribution in [2.45, 2.75) is 49.7 Å². The van der Waals surface area contributed by atoms with Crippen LogP contribution in [0.4, 0.5) is 0 Å². The van der Waals surface area contributed by atoms with E-state index < -0.39 is 0 Å². The van der Waals surface area contributed by atoms with Gasteiger partial charge in [-0.1, -0.05) is 11.8 Å². The molecule has 2 N–H and O–H groups in total. The molecule has 106 valence electrons. The zero-order valence-electron chi connectivity index (χ0n) is 11.3. The normalized spacial score (nSPS) is 16.3. The van der Waals surface area contributed by atoms with E-state index in [-0.39, 0.29) is 11.2 Å². The molecule has 8 heteroatoms. The molecular weight excluding hydrogens is 264 g/mol. The van der Waals surface area contributed by atoms with Gasteiger partial charge in [-0.05, 0) is 37.1 Å². The summed E-state index contributed by atoms with van der Waals surface area (Å²) in [6.07, 6.45) is 2.54. The van der Waals surface area contributed by atoms with Gasteiger partial charge < -0.3 is 10.6 Å². The van der Waals surface area contributed by atoms with E-state index in [9.17, 15) is 4.79 Å².